The number of hydrogen-bond acceptors (Lipinski definition) is 4. The highest BCUT2D eigenvalue weighted by Gasteiger charge is 2.57. The van der Waals surface area contributed by atoms with Gasteiger partial charge in [0.1, 0.15) is 6.04 Å². The van der Waals surface area contributed by atoms with Crippen LogP contribution in [0.4, 0.5) is 4.79 Å². The standard InChI is InChI=1S/C20H28N4O4/c1-22(2)19(27)18-14(11-25)13-10-23-15(8-5-9-16(23)26)17(13)24(18)20(28)21-12-6-3-4-7-12/h5,8-9,12-14,17-18,25H,3-4,6-7,10-11H2,1-2H3,(H,21,28)/t13-,14-,17+,18-/m1/s1. The van der Waals surface area contributed by atoms with Gasteiger partial charge in [-0.15, -0.1) is 0 Å². The van der Waals surface area contributed by atoms with Gasteiger partial charge in [0.15, 0.2) is 0 Å². The molecule has 0 spiro atoms. The molecule has 0 unspecified atom stereocenters. The van der Waals surface area contributed by atoms with Crippen LogP contribution in [-0.2, 0) is 11.3 Å². The lowest BCUT2D eigenvalue weighted by atomic mass is 9.88. The summed E-state index contributed by atoms with van der Waals surface area (Å²) in [6.07, 6.45) is 4.07. The number of likely N-dealkylation sites (tertiary alicyclic amines) is 1. The summed E-state index contributed by atoms with van der Waals surface area (Å²) in [5, 5.41) is 13.2. The zero-order chi connectivity index (χ0) is 20.0. The Balaban J connectivity index is 1.75. The van der Waals surface area contributed by atoms with E-state index in [0.29, 0.717) is 6.54 Å². The smallest absolute Gasteiger partial charge is 0.318 e. The lowest BCUT2D eigenvalue weighted by Gasteiger charge is -2.33. The number of aromatic nitrogens is 1. The first kappa shape index (κ1) is 19.0. The Morgan fingerprint density at radius 3 is 2.61 bits per heavy atom. The van der Waals surface area contributed by atoms with E-state index in [-0.39, 0.29) is 42.1 Å². The van der Waals surface area contributed by atoms with Gasteiger partial charge in [0.25, 0.3) is 5.56 Å². The summed E-state index contributed by atoms with van der Waals surface area (Å²) in [7, 11) is 3.33. The first-order valence-electron chi connectivity index (χ1n) is 10.0. The number of aliphatic hydroxyl groups excluding tert-OH is 1. The van der Waals surface area contributed by atoms with Gasteiger partial charge in [0.05, 0.1) is 6.04 Å². The van der Waals surface area contributed by atoms with Crippen molar-refractivity contribution in [3.8, 4) is 0 Å². The molecule has 1 saturated carbocycles. The molecule has 4 rings (SSSR count). The number of aliphatic hydroxyl groups is 1. The summed E-state index contributed by atoms with van der Waals surface area (Å²) >= 11 is 0. The van der Waals surface area contributed by atoms with Gasteiger partial charge in [0.2, 0.25) is 5.91 Å². The van der Waals surface area contributed by atoms with Crippen LogP contribution in [0.1, 0.15) is 37.4 Å². The normalized spacial score (nSPS) is 28.9. The number of nitrogens with one attached hydrogen (secondary N) is 1. The molecule has 2 fully saturated rings. The molecule has 3 heterocycles. The molecule has 3 amide bonds. The van der Waals surface area contributed by atoms with Gasteiger partial charge in [0, 0.05) is 56.9 Å². The molecule has 8 nitrogen and oxygen atoms in total. The van der Waals surface area contributed by atoms with Gasteiger partial charge in [-0.2, -0.15) is 0 Å². The van der Waals surface area contributed by atoms with E-state index >= 15 is 0 Å². The van der Waals surface area contributed by atoms with E-state index in [1.807, 2.05) is 6.07 Å². The van der Waals surface area contributed by atoms with E-state index in [9.17, 15) is 19.5 Å². The van der Waals surface area contributed by atoms with Crippen molar-refractivity contribution >= 4 is 11.9 Å². The fourth-order valence-corrected chi connectivity index (χ4v) is 5.23. The summed E-state index contributed by atoms with van der Waals surface area (Å²) in [6, 6.07) is 3.76. The molecular formula is C20H28N4O4. The second-order valence-electron chi connectivity index (χ2n) is 8.37. The van der Waals surface area contributed by atoms with Gasteiger partial charge in [-0.1, -0.05) is 18.9 Å². The molecule has 4 atom stereocenters. The molecule has 28 heavy (non-hydrogen) atoms. The third kappa shape index (κ3) is 2.90. The number of hydrogen-bond donors (Lipinski definition) is 2. The number of rotatable bonds is 3. The van der Waals surface area contributed by atoms with Crippen LogP contribution in [0, 0.1) is 11.8 Å². The van der Waals surface area contributed by atoms with Crippen LogP contribution < -0.4 is 10.9 Å². The van der Waals surface area contributed by atoms with Crippen LogP contribution in [0.15, 0.2) is 23.0 Å². The molecule has 2 N–H and O–H groups in total. The third-order valence-electron chi connectivity index (χ3n) is 6.56. The first-order chi connectivity index (χ1) is 13.4. The van der Waals surface area contributed by atoms with Crippen LogP contribution in [0.3, 0.4) is 0 Å². The van der Waals surface area contributed by atoms with Crippen molar-refractivity contribution in [1.82, 2.24) is 19.7 Å². The highest BCUT2D eigenvalue weighted by atomic mass is 16.3. The average Bonchev–Trinajstić information content (AvgIpc) is 3.36. The number of nitrogens with zero attached hydrogens (tertiary/aromatic N) is 3. The molecule has 1 aromatic rings. The minimum absolute atomic E-state index is 0.116. The molecular weight excluding hydrogens is 360 g/mol. The van der Waals surface area contributed by atoms with Crippen molar-refractivity contribution in [3.05, 3.63) is 34.2 Å². The van der Waals surface area contributed by atoms with E-state index in [1.54, 1.807) is 29.6 Å². The molecule has 3 aliphatic rings. The van der Waals surface area contributed by atoms with Crippen molar-refractivity contribution in [2.45, 2.75) is 50.4 Å². The number of urea groups is 1. The van der Waals surface area contributed by atoms with Crippen LogP contribution in [-0.4, -0.2) is 64.2 Å². The lowest BCUT2D eigenvalue weighted by Crippen LogP contribution is -2.54. The Morgan fingerprint density at radius 1 is 1.25 bits per heavy atom. The van der Waals surface area contributed by atoms with Crippen LogP contribution >= 0.6 is 0 Å². The van der Waals surface area contributed by atoms with Gasteiger partial charge in [-0.3, -0.25) is 9.59 Å². The van der Waals surface area contributed by atoms with Crippen LogP contribution in [0.2, 0.25) is 0 Å². The zero-order valence-corrected chi connectivity index (χ0v) is 16.4. The summed E-state index contributed by atoms with van der Waals surface area (Å²) in [5.41, 5.74) is 0.627. The minimum Gasteiger partial charge on any atom is -0.396 e. The topological polar surface area (TPSA) is 94.9 Å². The number of amides is 3. The van der Waals surface area contributed by atoms with Gasteiger partial charge in [-0.25, -0.2) is 4.79 Å². The molecule has 1 aromatic heterocycles. The first-order valence-corrected chi connectivity index (χ1v) is 10.0. The third-order valence-corrected chi connectivity index (χ3v) is 6.56. The molecule has 0 aromatic carbocycles. The highest BCUT2D eigenvalue weighted by Crippen LogP contribution is 2.49. The van der Waals surface area contributed by atoms with Crippen LogP contribution in [0.25, 0.3) is 0 Å². The Hall–Kier alpha value is -2.35. The molecule has 0 bridgehead atoms. The molecule has 1 aliphatic carbocycles. The van der Waals surface area contributed by atoms with Crippen molar-refractivity contribution in [1.29, 1.82) is 0 Å². The quantitative estimate of drug-likeness (QED) is 0.791. The number of carbonyl (C=O) groups excluding carboxylic acids is 2. The Bertz CT molecular complexity index is 830. The predicted molar refractivity (Wildman–Crippen MR) is 103 cm³/mol. The average molecular weight is 388 g/mol. The van der Waals surface area contributed by atoms with Crippen molar-refractivity contribution < 1.29 is 14.7 Å². The zero-order valence-electron chi connectivity index (χ0n) is 16.4. The van der Waals surface area contributed by atoms with Gasteiger partial charge >= 0.3 is 6.03 Å². The SMILES string of the molecule is CN(C)C(=O)[C@H]1[C@H](CO)[C@H]2Cn3c(cccc3=O)[C@H]2N1C(=O)NC1CCCC1. The van der Waals surface area contributed by atoms with Crippen molar-refractivity contribution in [2.75, 3.05) is 20.7 Å². The molecule has 1 saturated heterocycles. The minimum atomic E-state index is -0.736. The number of pyridine rings is 1. The summed E-state index contributed by atoms with van der Waals surface area (Å²) < 4.78 is 1.67. The van der Waals surface area contributed by atoms with Crippen molar-refractivity contribution in [3.63, 3.8) is 0 Å². The summed E-state index contributed by atoms with van der Waals surface area (Å²) in [6.45, 7) is 0.205. The van der Waals surface area contributed by atoms with Gasteiger partial charge < -0.3 is 24.8 Å². The molecule has 0 radical (unpaired) electrons. The molecule has 152 valence electrons. The Kier molecular flexibility index (Phi) is 4.91. The fourth-order valence-electron chi connectivity index (χ4n) is 5.23. The summed E-state index contributed by atoms with van der Waals surface area (Å²) in [5.74, 6) is -0.767. The number of likely N-dealkylation sites (N-methyl/N-ethyl adjacent to an activating group) is 1. The van der Waals surface area contributed by atoms with Crippen molar-refractivity contribution in [2.24, 2.45) is 11.8 Å². The largest absolute Gasteiger partial charge is 0.396 e. The van der Waals surface area contributed by atoms with Gasteiger partial charge in [-0.05, 0) is 18.9 Å². The van der Waals surface area contributed by atoms with E-state index in [2.05, 4.69) is 5.32 Å². The summed E-state index contributed by atoms with van der Waals surface area (Å²) in [4.78, 5) is 41.7. The lowest BCUT2D eigenvalue weighted by molar-refractivity contribution is -0.134. The van der Waals surface area contributed by atoms with Crippen LogP contribution in [0.5, 0.6) is 0 Å². The van der Waals surface area contributed by atoms with E-state index in [4.69, 9.17) is 0 Å². The number of fused-ring (bicyclic) bond motifs is 3. The Labute approximate surface area is 164 Å². The van der Waals surface area contributed by atoms with E-state index in [0.717, 1.165) is 31.4 Å². The second kappa shape index (κ2) is 7.24. The fraction of sp³-hybridized carbons (Fsp3) is 0.650. The maximum Gasteiger partial charge on any atom is 0.318 e. The maximum atomic E-state index is 13.3. The maximum absolute atomic E-state index is 13.3. The Morgan fingerprint density at radius 2 is 1.96 bits per heavy atom. The molecule has 8 heteroatoms. The second-order valence-corrected chi connectivity index (χ2v) is 8.37. The highest BCUT2D eigenvalue weighted by molar-refractivity contribution is 5.88. The van der Waals surface area contributed by atoms with E-state index in [1.165, 1.54) is 11.0 Å². The molecule has 2 aliphatic heterocycles. The monoisotopic (exact) mass is 388 g/mol. The number of carbonyl (C=O) groups is 2. The van der Waals surface area contributed by atoms with E-state index < -0.39 is 12.0 Å². The predicted octanol–water partition coefficient (Wildman–Crippen LogP) is 0.552.